The minimum atomic E-state index is -0.193. The van der Waals surface area contributed by atoms with E-state index in [2.05, 4.69) is 0 Å². The average Bonchev–Trinajstić information content (AvgIpc) is 2.21. The lowest BCUT2D eigenvalue weighted by Crippen LogP contribution is -2.25. The Hall–Kier alpha value is -0.760. The number of benzene rings is 1. The maximum Gasteiger partial charge on any atom is 0.130 e. The van der Waals surface area contributed by atoms with Gasteiger partial charge in [0.25, 0.3) is 0 Å². The fraction of sp³-hybridized carbons (Fsp3) is 0.455. The van der Waals surface area contributed by atoms with Gasteiger partial charge < -0.3 is 4.90 Å². The average molecular weight is 214 g/mol. The Morgan fingerprint density at radius 1 is 1.43 bits per heavy atom. The monoisotopic (exact) mass is 213 g/mol. The third-order valence-electron chi connectivity index (χ3n) is 2.75. The van der Waals surface area contributed by atoms with E-state index >= 15 is 0 Å². The predicted molar refractivity (Wildman–Crippen MR) is 57.7 cm³/mol. The van der Waals surface area contributed by atoms with Gasteiger partial charge in [-0.2, -0.15) is 0 Å². The quantitative estimate of drug-likeness (QED) is 0.640. The van der Waals surface area contributed by atoms with Crippen molar-refractivity contribution < 1.29 is 4.39 Å². The summed E-state index contributed by atoms with van der Waals surface area (Å²) >= 11 is 5.82. The summed E-state index contributed by atoms with van der Waals surface area (Å²) in [5, 5.41) is 0.464. The van der Waals surface area contributed by atoms with Crippen LogP contribution in [-0.2, 0) is 5.41 Å². The first-order chi connectivity index (χ1) is 6.42. The van der Waals surface area contributed by atoms with E-state index in [-0.39, 0.29) is 11.2 Å². The van der Waals surface area contributed by atoms with Gasteiger partial charge in [0.1, 0.15) is 5.82 Å². The number of hydrogen-bond donors (Lipinski definition) is 0. The molecular weight excluding hydrogens is 201 g/mol. The molecule has 1 aromatic rings. The lowest BCUT2D eigenvalue weighted by molar-refractivity contribution is 0.517. The third kappa shape index (κ3) is 1.29. The molecular formula is C11H13ClFN. The lowest BCUT2D eigenvalue weighted by atomic mass is 9.86. The lowest BCUT2D eigenvalue weighted by Gasteiger charge is -2.18. The van der Waals surface area contributed by atoms with Gasteiger partial charge in [-0.05, 0) is 12.1 Å². The number of nitrogens with zero attached hydrogens (tertiary/aromatic N) is 1. The van der Waals surface area contributed by atoms with Gasteiger partial charge in [0.15, 0.2) is 0 Å². The Morgan fingerprint density at radius 3 is 2.71 bits per heavy atom. The normalized spacial score (nSPS) is 18.5. The minimum Gasteiger partial charge on any atom is -0.373 e. The van der Waals surface area contributed by atoms with Gasteiger partial charge in [0.05, 0.1) is 0 Å². The highest BCUT2D eigenvalue weighted by Crippen LogP contribution is 2.42. The summed E-state index contributed by atoms with van der Waals surface area (Å²) in [6, 6.07) is 3.22. The Labute approximate surface area is 88.5 Å². The standard InChI is InChI=1S/C11H13ClFN/c1-11(2)6-14(3)9-5-7(12)4-8(13)10(9)11/h4-5H,6H2,1-3H3. The number of halogens is 2. The summed E-state index contributed by atoms with van der Waals surface area (Å²) < 4.78 is 13.7. The van der Waals surface area contributed by atoms with Gasteiger partial charge in [0, 0.05) is 35.3 Å². The highest BCUT2D eigenvalue weighted by Gasteiger charge is 2.36. The summed E-state index contributed by atoms with van der Waals surface area (Å²) in [6.07, 6.45) is 0. The van der Waals surface area contributed by atoms with Crippen LogP contribution in [0.3, 0.4) is 0 Å². The van der Waals surface area contributed by atoms with E-state index in [1.807, 2.05) is 31.9 Å². The van der Waals surface area contributed by atoms with Gasteiger partial charge in [0.2, 0.25) is 0 Å². The van der Waals surface area contributed by atoms with Crippen LogP contribution < -0.4 is 4.90 Å². The molecule has 0 bridgehead atoms. The van der Waals surface area contributed by atoms with Crippen molar-refractivity contribution in [2.24, 2.45) is 0 Å². The predicted octanol–water partition coefficient (Wildman–Crippen LogP) is 3.21. The topological polar surface area (TPSA) is 3.24 Å². The smallest absolute Gasteiger partial charge is 0.130 e. The third-order valence-corrected chi connectivity index (χ3v) is 2.97. The maximum atomic E-state index is 13.7. The van der Waals surface area contributed by atoms with Crippen molar-refractivity contribution in [2.75, 3.05) is 18.5 Å². The molecule has 1 nitrogen and oxygen atoms in total. The van der Waals surface area contributed by atoms with E-state index in [1.165, 1.54) is 6.07 Å². The second-order valence-corrected chi connectivity index (χ2v) is 4.96. The Balaban J connectivity index is 2.69. The molecule has 0 spiro atoms. The molecule has 14 heavy (non-hydrogen) atoms. The molecule has 0 saturated carbocycles. The molecule has 1 aromatic carbocycles. The fourth-order valence-electron chi connectivity index (χ4n) is 2.29. The van der Waals surface area contributed by atoms with E-state index in [9.17, 15) is 4.39 Å². The fourth-order valence-corrected chi connectivity index (χ4v) is 2.49. The summed E-state index contributed by atoms with van der Waals surface area (Å²) in [4.78, 5) is 2.05. The number of likely N-dealkylation sites (N-methyl/N-ethyl adjacent to an activating group) is 1. The molecule has 0 atom stereocenters. The van der Waals surface area contributed by atoms with Gasteiger partial charge in [-0.15, -0.1) is 0 Å². The Morgan fingerprint density at radius 2 is 2.07 bits per heavy atom. The van der Waals surface area contributed by atoms with Gasteiger partial charge in [-0.1, -0.05) is 25.4 Å². The van der Waals surface area contributed by atoms with Crippen LogP contribution >= 0.6 is 11.6 Å². The van der Waals surface area contributed by atoms with E-state index in [0.717, 1.165) is 17.8 Å². The molecule has 0 saturated heterocycles. The highest BCUT2D eigenvalue weighted by atomic mass is 35.5. The van der Waals surface area contributed by atoms with Crippen LogP contribution in [0.5, 0.6) is 0 Å². The van der Waals surface area contributed by atoms with Crippen molar-refractivity contribution in [1.29, 1.82) is 0 Å². The molecule has 2 rings (SSSR count). The van der Waals surface area contributed by atoms with E-state index < -0.39 is 0 Å². The van der Waals surface area contributed by atoms with Crippen molar-refractivity contribution in [3.05, 3.63) is 28.5 Å². The van der Waals surface area contributed by atoms with Crippen molar-refractivity contribution >= 4 is 17.3 Å². The SMILES string of the molecule is CN1CC(C)(C)c2c(F)cc(Cl)cc21. The number of rotatable bonds is 0. The van der Waals surface area contributed by atoms with Crippen LogP contribution in [0.2, 0.25) is 5.02 Å². The summed E-state index contributed by atoms with van der Waals surface area (Å²) in [5.74, 6) is -0.193. The van der Waals surface area contributed by atoms with E-state index in [0.29, 0.717) is 5.02 Å². The number of anilines is 1. The largest absolute Gasteiger partial charge is 0.373 e. The molecule has 0 fully saturated rings. The summed E-state index contributed by atoms with van der Waals surface area (Å²) in [7, 11) is 1.96. The van der Waals surface area contributed by atoms with Crippen molar-refractivity contribution in [3.8, 4) is 0 Å². The maximum absolute atomic E-state index is 13.7. The molecule has 0 unspecified atom stereocenters. The van der Waals surface area contributed by atoms with E-state index in [1.54, 1.807) is 0 Å². The molecule has 3 heteroatoms. The molecule has 1 aliphatic rings. The minimum absolute atomic E-state index is 0.126. The first-order valence-electron chi connectivity index (χ1n) is 4.62. The molecule has 1 aliphatic heterocycles. The Kier molecular flexibility index (Phi) is 2.00. The molecule has 0 amide bonds. The van der Waals surface area contributed by atoms with Gasteiger partial charge in [-0.25, -0.2) is 4.39 Å². The molecule has 0 aromatic heterocycles. The first-order valence-corrected chi connectivity index (χ1v) is 5.00. The van der Waals surface area contributed by atoms with Crippen molar-refractivity contribution in [2.45, 2.75) is 19.3 Å². The number of fused-ring (bicyclic) bond motifs is 1. The van der Waals surface area contributed by atoms with Crippen molar-refractivity contribution in [3.63, 3.8) is 0 Å². The van der Waals surface area contributed by atoms with E-state index in [4.69, 9.17) is 11.6 Å². The zero-order valence-corrected chi connectivity index (χ0v) is 9.32. The second kappa shape index (κ2) is 2.86. The van der Waals surface area contributed by atoms with Crippen molar-refractivity contribution in [1.82, 2.24) is 0 Å². The van der Waals surface area contributed by atoms with Gasteiger partial charge in [-0.3, -0.25) is 0 Å². The van der Waals surface area contributed by atoms with Crippen LogP contribution in [-0.4, -0.2) is 13.6 Å². The number of hydrogen-bond acceptors (Lipinski definition) is 1. The molecule has 1 heterocycles. The Bertz CT molecular complexity index is 387. The zero-order chi connectivity index (χ0) is 10.5. The second-order valence-electron chi connectivity index (χ2n) is 4.52. The van der Waals surface area contributed by atoms with Crippen LogP contribution in [0, 0.1) is 5.82 Å². The van der Waals surface area contributed by atoms with Crippen LogP contribution in [0.25, 0.3) is 0 Å². The van der Waals surface area contributed by atoms with Gasteiger partial charge >= 0.3 is 0 Å². The molecule has 0 N–H and O–H groups in total. The highest BCUT2D eigenvalue weighted by molar-refractivity contribution is 6.30. The van der Waals surface area contributed by atoms with Crippen LogP contribution in [0.4, 0.5) is 10.1 Å². The van der Waals surface area contributed by atoms with Crippen LogP contribution in [0.1, 0.15) is 19.4 Å². The molecule has 0 aliphatic carbocycles. The first kappa shape index (κ1) is 9.78. The van der Waals surface area contributed by atoms with Crippen LogP contribution in [0.15, 0.2) is 12.1 Å². The zero-order valence-electron chi connectivity index (χ0n) is 8.56. The molecule has 76 valence electrons. The summed E-state index contributed by atoms with van der Waals surface area (Å²) in [6.45, 7) is 4.93. The molecule has 0 radical (unpaired) electrons. The summed E-state index contributed by atoms with van der Waals surface area (Å²) in [5.41, 5.74) is 1.57.